The third-order valence-electron chi connectivity index (χ3n) is 4.44. The number of carboxylic acid groups (broad SMARTS) is 1. The number of rotatable bonds is 5. The maximum Gasteiger partial charge on any atom is 0.306 e. The van der Waals surface area contributed by atoms with Gasteiger partial charge in [0.25, 0.3) is 5.91 Å². The van der Waals surface area contributed by atoms with Crippen LogP contribution in [0.4, 0.5) is 5.69 Å². The van der Waals surface area contributed by atoms with Crippen molar-refractivity contribution in [3.05, 3.63) is 41.6 Å². The van der Waals surface area contributed by atoms with Crippen LogP contribution in [0.2, 0.25) is 0 Å². The van der Waals surface area contributed by atoms with Crippen LogP contribution in [0.1, 0.15) is 38.2 Å². The number of amides is 1. The first kappa shape index (κ1) is 18.5. The maximum absolute atomic E-state index is 12.4. The summed E-state index contributed by atoms with van der Waals surface area (Å²) in [5.74, 6) is -1.15. The van der Waals surface area contributed by atoms with Crippen molar-refractivity contribution < 1.29 is 14.7 Å². The minimum absolute atomic E-state index is 0.0155. The third-order valence-corrected chi connectivity index (χ3v) is 4.44. The van der Waals surface area contributed by atoms with Gasteiger partial charge >= 0.3 is 5.97 Å². The zero-order valence-electron chi connectivity index (χ0n) is 14.5. The minimum atomic E-state index is -0.824. The number of benzene rings is 1. The number of aliphatic carboxylic acids is 1. The fourth-order valence-corrected chi connectivity index (χ4v) is 2.76. The summed E-state index contributed by atoms with van der Waals surface area (Å²) in [5, 5.41) is 21.3. The summed E-state index contributed by atoms with van der Waals surface area (Å²) in [5.41, 5.74) is 2.03. The Hall–Kier alpha value is -2.81. The van der Waals surface area contributed by atoms with E-state index in [0.29, 0.717) is 31.8 Å². The Bertz CT molecular complexity index is 694. The highest BCUT2D eigenvalue weighted by atomic mass is 16.4. The van der Waals surface area contributed by atoms with E-state index in [9.17, 15) is 14.9 Å². The first-order chi connectivity index (χ1) is 11.9. The van der Waals surface area contributed by atoms with Crippen LogP contribution in [0.5, 0.6) is 0 Å². The number of likely N-dealkylation sites (tertiary alicyclic amines) is 1. The molecule has 0 atom stereocenters. The summed E-state index contributed by atoms with van der Waals surface area (Å²) >= 11 is 0. The number of hydrogen-bond acceptors (Lipinski definition) is 4. The average molecular weight is 341 g/mol. The number of anilines is 1. The highest BCUT2D eigenvalue weighted by Crippen LogP contribution is 2.20. The van der Waals surface area contributed by atoms with Gasteiger partial charge in [0.15, 0.2) is 0 Å². The Kier molecular flexibility index (Phi) is 6.18. The van der Waals surface area contributed by atoms with Crippen LogP contribution in [0.15, 0.2) is 36.0 Å². The van der Waals surface area contributed by atoms with Crippen LogP contribution in [0, 0.1) is 17.2 Å². The van der Waals surface area contributed by atoms with Crippen molar-refractivity contribution in [3.8, 4) is 6.07 Å². The van der Waals surface area contributed by atoms with Crippen molar-refractivity contribution in [1.29, 1.82) is 5.26 Å². The molecule has 1 aromatic rings. The van der Waals surface area contributed by atoms with Gasteiger partial charge in [-0.25, -0.2) is 0 Å². The van der Waals surface area contributed by atoms with E-state index < -0.39 is 11.9 Å². The summed E-state index contributed by atoms with van der Waals surface area (Å²) < 4.78 is 0. The number of carbonyl (C=O) groups excluding carboxylic acids is 1. The lowest BCUT2D eigenvalue weighted by molar-refractivity contribution is -0.145. The van der Waals surface area contributed by atoms with Crippen LogP contribution >= 0.6 is 0 Å². The minimum Gasteiger partial charge on any atom is -0.481 e. The molecule has 25 heavy (non-hydrogen) atoms. The van der Waals surface area contributed by atoms with E-state index in [-0.39, 0.29) is 11.5 Å². The standard InChI is InChI=1S/C19H23N3O3/c1-13(2)14-3-5-17(6-4-14)21-12-16(11-20)18(23)22-9-7-15(8-10-22)19(24)25/h3-6,12-13,15,21H,7-10H2,1-2H3,(H,24,25)/b16-12-. The largest absolute Gasteiger partial charge is 0.481 e. The molecule has 2 N–H and O–H groups in total. The van der Waals surface area contributed by atoms with Gasteiger partial charge in [-0.3, -0.25) is 9.59 Å². The number of hydrogen-bond donors (Lipinski definition) is 2. The monoisotopic (exact) mass is 341 g/mol. The summed E-state index contributed by atoms with van der Waals surface area (Å²) in [6, 6.07) is 9.75. The molecule has 0 unspecified atom stereocenters. The molecule has 1 aliphatic rings. The number of carboxylic acids is 1. The van der Waals surface area contributed by atoms with Gasteiger partial charge in [-0.05, 0) is 36.5 Å². The third kappa shape index (κ3) is 4.83. The van der Waals surface area contributed by atoms with E-state index in [2.05, 4.69) is 19.2 Å². The second-order valence-corrected chi connectivity index (χ2v) is 6.50. The Balaban J connectivity index is 1.99. The predicted molar refractivity (Wildman–Crippen MR) is 94.8 cm³/mol. The van der Waals surface area contributed by atoms with E-state index in [0.717, 1.165) is 5.69 Å². The molecule has 1 aromatic carbocycles. The Morgan fingerprint density at radius 3 is 2.36 bits per heavy atom. The van der Waals surface area contributed by atoms with Gasteiger partial charge in [-0.15, -0.1) is 0 Å². The molecule has 0 aliphatic carbocycles. The molecule has 1 aliphatic heterocycles. The second kappa shape index (κ2) is 8.34. The molecule has 0 saturated carbocycles. The average Bonchev–Trinajstić information content (AvgIpc) is 2.62. The smallest absolute Gasteiger partial charge is 0.306 e. The Labute approximate surface area is 147 Å². The SMILES string of the molecule is CC(C)c1ccc(N/C=C(/C#N)C(=O)N2CCC(C(=O)O)CC2)cc1. The van der Waals surface area contributed by atoms with Crippen molar-refractivity contribution in [3.63, 3.8) is 0 Å². The van der Waals surface area contributed by atoms with Crippen molar-refractivity contribution >= 4 is 17.6 Å². The van der Waals surface area contributed by atoms with Crippen LogP contribution in [0.25, 0.3) is 0 Å². The molecule has 1 heterocycles. The molecule has 1 saturated heterocycles. The summed E-state index contributed by atoms with van der Waals surface area (Å²) in [4.78, 5) is 24.9. The van der Waals surface area contributed by atoms with Gasteiger partial charge in [0, 0.05) is 25.0 Å². The second-order valence-electron chi connectivity index (χ2n) is 6.50. The quantitative estimate of drug-likeness (QED) is 0.634. The highest BCUT2D eigenvalue weighted by Gasteiger charge is 2.28. The first-order valence-corrected chi connectivity index (χ1v) is 8.41. The number of piperidine rings is 1. The van der Waals surface area contributed by atoms with Crippen LogP contribution in [-0.4, -0.2) is 35.0 Å². The molecule has 0 aromatic heterocycles. The topological polar surface area (TPSA) is 93.4 Å². The van der Waals surface area contributed by atoms with Crippen molar-refractivity contribution in [2.24, 2.45) is 5.92 Å². The lowest BCUT2D eigenvalue weighted by Gasteiger charge is -2.29. The van der Waals surface area contributed by atoms with Crippen LogP contribution in [0.3, 0.4) is 0 Å². The predicted octanol–water partition coefficient (Wildman–Crippen LogP) is 2.95. The molecule has 1 amide bonds. The Morgan fingerprint density at radius 2 is 1.88 bits per heavy atom. The number of nitrogens with one attached hydrogen (secondary N) is 1. The van der Waals surface area contributed by atoms with E-state index in [1.807, 2.05) is 30.3 Å². The van der Waals surface area contributed by atoms with E-state index in [1.165, 1.54) is 16.7 Å². The number of nitriles is 1. The zero-order valence-corrected chi connectivity index (χ0v) is 14.5. The van der Waals surface area contributed by atoms with E-state index >= 15 is 0 Å². The van der Waals surface area contributed by atoms with Crippen molar-refractivity contribution in [2.45, 2.75) is 32.6 Å². The van der Waals surface area contributed by atoms with Crippen molar-refractivity contribution in [2.75, 3.05) is 18.4 Å². The molecule has 0 spiro atoms. The molecular weight excluding hydrogens is 318 g/mol. The summed E-state index contributed by atoms with van der Waals surface area (Å²) in [7, 11) is 0. The maximum atomic E-state index is 12.4. The first-order valence-electron chi connectivity index (χ1n) is 8.41. The normalized spacial score (nSPS) is 15.8. The molecule has 6 nitrogen and oxygen atoms in total. The highest BCUT2D eigenvalue weighted by molar-refractivity contribution is 5.97. The molecule has 6 heteroatoms. The van der Waals surface area contributed by atoms with Crippen LogP contribution < -0.4 is 5.32 Å². The number of nitrogens with zero attached hydrogens (tertiary/aromatic N) is 2. The fourth-order valence-electron chi connectivity index (χ4n) is 2.76. The molecule has 0 bridgehead atoms. The molecule has 1 fully saturated rings. The molecule has 0 radical (unpaired) electrons. The van der Waals surface area contributed by atoms with Gasteiger partial charge in [-0.2, -0.15) is 5.26 Å². The summed E-state index contributed by atoms with van der Waals surface area (Å²) in [6.45, 7) is 4.94. The molecule has 132 valence electrons. The Morgan fingerprint density at radius 1 is 1.28 bits per heavy atom. The van der Waals surface area contributed by atoms with Gasteiger partial charge in [-0.1, -0.05) is 26.0 Å². The van der Waals surface area contributed by atoms with Crippen LogP contribution in [-0.2, 0) is 9.59 Å². The zero-order chi connectivity index (χ0) is 18.4. The van der Waals surface area contributed by atoms with Gasteiger partial charge < -0.3 is 15.3 Å². The number of carbonyl (C=O) groups is 2. The van der Waals surface area contributed by atoms with Crippen molar-refractivity contribution in [1.82, 2.24) is 4.90 Å². The van der Waals surface area contributed by atoms with Gasteiger partial charge in [0.2, 0.25) is 0 Å². The lowest BCUT2D eigenvalue weighted by Crippen LogP contribution is -2.40. The molecule has 2 rings (SSSR count). The van der Waals surface area contributed by atoms with Gasteiger partial charge in [0.05, 0.1) is 5.92 Å². The summed E-state index contributed by atoms with van der Waals surface area (Å²) in [6.07, 6.45) is 2.25. The fraction of sp³-hybridized carbons (Fsp3) is 0.421. The van der Waals surface area contributed by atoms with E-state index in [4.69, 9.17) is 5.11 Å². The molecular formula is C19H23N3O3. The van der Waals surface area contributed by atoms with Gasteiger partial charge in [0.1, 0.15) is 11.6 Å². The lowest BCUT2D eigenvalue weighted by atomic mass is 9.97. The van der Waals surface area contributed by atoms with E-state index in [1.54, 1.807) is 0 Å².